The van der Waals surface area contributed by atoms with E-state index in [1.165, 1.54) is 4.57 Å². The zero-order valence-electron chi connectivity index (χ0n) is 16.1. The molecule has 1 aliphatic rings. The summed E-state index contributed by atoms with van der Waals surface area (Å²) in [7, 11) is 0. The van der Waals surface area contributed by atoms with Crippen molar-refractivity contribution in [3.05, 3.63) is 70.2 Å². The molecule has 0 unspecified atom stereocenters. The average Bonchev–Trinajstić information content (AvgIpc) is 3.18. The average molecular weight is 395 g/mol. The Hall–Kier alpha value is -3.46. The van der Waals surface area contributed by atoms with Crippen molar-refractivity contribution in [3.63, 3.8) is 0 Å². The summed E-state index contributed by atoms with van der Waals surface area (Å²) < 4.78 is 8.69. The van der Waals surface area contributed by atoms with Crippen LogP contribution in [-0.4, -0.2) is 37.0 Å². The Labute approximate surface area is 166 Å². The number of carbonyl (C=O) groups excluding carboxylic acids is 1. The van der Waals surface area contributed by atoms with Crippen molar-refractivity contribution in [2.45, 2.75) is 32.5 Å². The van der Waals surface area contributed by atoms with Crippen molar-refractivity contribution < 1.29 is 14.6 Å². The summed E-state index contributed by atoms with van der Waals surface area (Å²) >= 11 is 0. The molecule has 0 saturated heterocycles. The third-order valence-corrected chi connectivity index (χ3v) is 4.79. The molecule has 150 valence electrons. The number of hydrogen-bond acceptors (Lipinski definition) is 6. The summed E-state index contributed by atoms with van der Waals surface area (Å²) in [4.78, 5) is 29.3. The SMILES string of the molecule is CC1(C)OCCn2c1nc(C(=O)NCc1cnn(-c3ccccc3)c1)c(O)c2=O. The van der Waals surface area contributed by atoms with E-state index in [4.69, 9.17) is 4.74 Å². The second kappa shape index (κ2) is 7.17. The van der Waals surface area contributed by atoms with Gasteiger partial charge in [0.1, 0.15) is 11.4 Å². The van der Waals surface area contributed by atoms with E-state index in [0.717, 1.165) is 11.3 Å². The number of aromatic hydroxyl groups is 1. The molecule has 0 bridgehead atoms. The van der Waals surface area contributed by atoms with Gasteiger partial charge in [-0.05, 0) is 26.0 Å². The molecular weight excluding hydrogens is 374 g/mol. The standard InChI is InChI=1S/C20H21N5O4/c1-20(2)19-23-15(16(26)18(28)24(19)8-9-29-20)17(27)21-10-13-11-22-25(12-13)14-6-4-3-5-7-14/h3-7,11-12,26H,8-10H2,1-2H3,(H,21,27). The minimum atomic E-state index is -0.836. The zero-order chi connectivity index (χ0) is 20.6. The fourth-order valence-electron chi connectivity index (χ4n) is 3.27. The number of benzene rings is 1. The number of amides is 1. The lowest BCUT2D eigenvalue weighted by Crippen LogP contribution is -2.42. The van der Waals surface area contributed by atoms with E-state index in [1.54, 1.807) is 30.9 Å². The quantitative estimate of drug-likeness (QED) is 0.689. The van der Waals surface area contributed by atoms with E-state index in [1.807, 2.05) is 30.3 Å². The Morgan fingerprint density at radius 2 is 2.07 bits per heavy atom. The van der Waals surface area contributed by atoms with Gasteiger partial charge in [0.25, 0.3) is 11.5 Å². The second-order valence-corrected chi connectivity index (χ2v) is 7.26. The molecular formula is C20H21N5O4. The highest BCUT2D eigenvalue weighted by molar-refractivity contribution is 5.94. The molecule has 3 aromatic rings. The topological polar surface area (TPSA) is 111 Å². The zero-order valence-corrected chi connectivity index (χ0v) is 16.1. The number of para-hydroxylation sites is 1. The minimum absolute atomic E-state index is 0.172. The summed E-state index contributed by atoms with van der Waals surface area (Å²) in [6, 6.07) is 9.57. The van der Waals surface area contributed by atoms with Gasteiger partial charge in [0.15, 0.2) is 5.69 Å². The van der Waals surface area contributed by atoms with Gasteiger partial charge in [-0.3, -0.25) is 14.2 Å². The van der Waals surface area contributed by atoms with Gasteiger partial charge in [-0.15, -0.1) is 0 Å². The van der Waals surface area contributed by atoms with Crippen LogP contribution in [0.2, 0.25) is 0 Å². The molecule has 29 heavy (non-hydrogen) atoms. The van der Waals surface area contributed by atoms with Crippen LogP contribution in [0, 0.1) is 0 Å². The Bertz CT molecular complexity index is 1120. The second-order valence-electron chi connectivity index (χ2n) is 7.26. The largest absolute Gasteiger partial charge is 0.501 e. The Balaban J connectivity index is 1.55. The molecule has 9 heteroatoms. The van der Waals surface area contributed by atoms with Gasteiger partial charge in [-0.2, -0.15) is 5.10 Å². The lowest BCUT2D eigenvalue weighted by atomic mass is 10.1. The van der Waals surface area contributed by atoms with Crippen molar-refractivity contribution in [2.24, 2.45) is 0 Å². The maximum atomic E-state index is 12.6. The number of aromatic nitrogens is 4. The van der Waals surface area contributed by atoms with Crippen LogP contribution in [0.5, 0.6) is 5.75 Å². The van der Waals surface area contributed by atoms with Crippen molar-refractivity contribution in [1.82, 2.24) is 24.6 Å². The van der Waals surface area contributed by atoms with E-state index >= 15 is 0 Å². The number of ether oxygens (including phenoxy) is 1. The maximum absolute atomic E-state index is 12.6. The van der Waals surface area contributed by atoms with Gasteiger partial charge < -0.3 is 15.2 Å². The molecule has 0 spiro atoms. The van der Waals surface area contributed by atoms with Crippen LogP contribution < -0.4 is 10.9 Å². The van der Waals surface area contributed by atoms with Crippen molar-refractivity contribution in [1.29, 1.82) is 0 Å². The van der Waals surface area contributed by atoms with Gasteiger partial charge in [0.05, 0.1) is 25.0 Å². The first-order valence-corrected chi connectivity index (χ1v) is 9.22. The number of fused-ring (bicyclic) bond motifs is 1. The number of nitrogens with zero attached hydrogens (tertiary/aromatic N) is 4. The third kappa shape index (κ3) is 3.52. The minimum Gasteiger partial charge on any atom is -0.501 e. The van der Waals surface area contributed by atoms with Crippen LogP contribution in [0.25, 0.3) is 5.69 Å². The van der Waals surface area contributed by atoms with E-state index in [-0.39, 0.29) is 18.8 Å². The highest BCUT2D eigenvalue weighted by Gasteiger charge is 2.34. The molecule has 0 fully saturated rings. The molecule has 4 rings (SSSR count). The monoisotopic (exact) mass is 395 g/mol. The fraction of sp³-hybridized carbons (Fsp3) is 0.300. The maximum Gasteiger partial charge on any atom is 0.296 e. The Kier molecular flexibility index (Phi) is 4.67. The Morgan fingerprint density at radius 3 is 2.83 bits per heavy atom. The first-order chi connectivity index (χ1) is 13.9. The van der Waals surface area contributed by atoms with Crippen LogP contribution in [0.15, 0.2) is 47.5 Å². The molecule has 0 radical (unpaired) electrons. The summed E-state index contributed by atoms with van der Waals surface area (Å²) in [6.07, 6.45) is 3.43. The highest BCUT2D eigenvalue weighted by atomic mass is 16.5. The number of rotatable bonds is 4. The van der Waals surface area contributed by atoms with Crippen LogP contribution >= 0.6 is 0 Å². The van der Waals surface area contributed by atoms with E-state index in [2.05, 4.69) is 15.4 Å². The summed E-state index contributed by atoms with van der Waals surface area (Å²) in [5.41, 5.74) is -0.130. The van der Waals surface area contributed by atoms with Gasteiger partial charge in [-0.1, -0.05) is 18.2 Å². The summed E-state index contributed by atoms with van der Waals surface area (Å²) in [5.74, 6) is -0.991. The normalized spacial score (nSPS) is 15.0. The number of carbonyl (C=O) groups is 1. The predicted octanol–water partition coefficient (Wildman–Crippen LogP) is 1.33. The molecule has 0 saturated carbocycles. The van der Waals surface area contributed by atoms with Crippen molar-refractivity contribution in [2.75, 3.05) is 6.61 Å². The molecule has 2 N–H and O–H groups in total. The highest BCUT2D eigenvalue weighted by Crippen LogP contribution is 2.27. The van der Waals surface area contributed by atoms with E-state index in [9.17, 15) is 14.7 Å². The summed E-state index contributed by atoms with van der Waals surface area (Å²) in [6.45, 7) is 4.31. The van der Waals surface area contributed by atoms with Gasteiger partial charge >= 0.3 is 0 Å². The fourth-order valence-corrected chi connectivity index (χ4v) is 3.27. The molecule has 0 aliphatic carbocycles. The van der Waals surface area contributed by atoms with Gasteiger partial charge in [0, 0.05) is 18.3 Å². The van der Waals surface area contributed by atoms with Crippen LogP contribution in [0.4, 0.5) is 0 Å². The van der Waals surface area contributed by atoms with Gasteiger partial charge in [-0.25, -0.2) is 9.67 Å². The van der Waals surface area contributed by atoms with Crippen molar-refractivity contribution >= 4 is 5.91 Å². The molecule has 0 atom stereocenters. The third-order valence-electron chi connectivity index (χ3n) is 4.79. The smallest absolute Gasteiger partial charge is 0.296 e. The predicted molar refractivity (Wildman–Crippen MR) is 104 cm³/mol. The molecule has 1 aliphatic heterocycles. The lowest BCUT2D eigenvalue weighted by molar-refractivity contribution is -0.0566. The van der Waals surface area contributed by atoms with Gasteiger partial charge in [0.2, 0.25) is 5.75 Å². The first-order valence-electron chi connectivity index (χ1n) is 9.22. The molecule has 1 amide bonds. The Morgan fingerprint density at radius 1 is 1.31 bits per heavy atom. The molecule has 1 aromatic carbocycles. The molecule has 3 heterocycles. The van der Waals surface area contributed by atoms with Crippen LogP contribution in [0.1, 0.15) is 35.7 Å². The number of nitrogens with one attached hydrogen (secondary N) is 1. The van der Waals surface area contributed by atoms with Crippen LogP contribution in [-0.2, 0) is 23.4 Å². The van der Waals surface area contributed by atoms with E-state index < -0.39 is 22.8 Å². The van der Waals surface area contributed by atoms with Crippen LogP contribution in [0.3, 0.4) is 0 Å². The number of hydrogen-bond donors (Lipinski definition) is 2. The molecule has 9 nitrogen and oxygen atoms in total. The lowest BCUT2D eigenvalue weighted by Gasteiger charge is -2.32. The molecule has 2 aromatic heterocycles. The van der Waals surface area contributed by atoms with Crippen molar-refractivity contribution in [3.8, 4) is 11.4 Å². The summed E-state index contributed by atoms with van der Waals surface area (Å²) in [5, 5.41) is 17.2. The first kappa shape index (κ1) is 18.9. The van der Waals surface area contributed by atoms with E-state index in [0.29, 0.717) is 12.4 Å².